The Hall–Kier alpha value is -3.32. The number of nitrogens with zero attached hydrogens (tertiary/aromatic N) is 2. The van der Waals surface area contributed by atoms with Gasteiger partial charge >= 0.3 is 0 Å². The molecule has 7 heteroatoms. The first-order valence-electron chi connectivity index (χ1n) is 9.90. The third-order valence-electron chi connectivity index (χ3n) is 5.39. The third kappa shape index (κ3) is 3.88. The average Bonchev–Trinajstić information content (AvgIpc) is 3.08. The van der Waals surface area contributed by atoms with Crippen molar-refractivity contribution < 1.29 is 9.18 Å². The number of aryl methyl sites for hydroxylation is 3. The van der Waals surface area contributed by atoms with Crippen LogP contribution in [0.4, 0.5) is 10.1 Å². The quantitative estimate of drug-likeness (QED) is 0.467. The molecule has 2 aromatic carbocycles. The van der Waals surface area contributed by atoms with Crippen LogP contribution in [0.1, 0.15) is 29.0 Å². The lowest BCUT2D eigenvalue weighted by molar-refractivity contribution is -0.118. The summed E-state index contributed by atoms with van der Waals surface area (Å²) in [5.41, 5.74) is 3.88. The number of amides is 1. The van der Waals surface area contributed by atoms with Crippen molar-refractivity contribution in [3.63, 3.8) is 0 Å². The summed E-state index contributed by atoms with van der Waals surface area (Å²) in [6.45, 7) is 7.46. The summed E-state index contributed by atoms with van der Waals surface area (Å²) in [4.78, 5) is 32.3. The molecule has 0 bridgehead atoms. The lowest BCUT2D eigenvalue weighted by atomic mass is 10.0. The fourth-order valence-electron chi connectivity index (χ4n) is 3.59. The molecule has 0 aliphatic rings. The van der Waals surface area contributed by atoms with Crippen LogP contribution in [-0.2, 0) is 4.79 Å². The summed E-state index contributed by atoms with van der Waals surface area (Å²) < 4.78 is 14.7. The van der Waals surface area contributed by atoms with E-state index in [0.29, 0.717) is 10.2 Å². The molecular weight excluding hydrogens is 413 g/mol. The zero-order chi connectivity index (χ0) is 22.3. The number of aromatic nitrogens is 2. The molecule has 2 heterocycles. The molecule has 0 aliphatic heterocycles. The highest BCUT2D eigenvalue weighted by molar-refractivity contribution is 7.19. The maximum Gasteiger partial charge on any atom is 0.263 e. The SMILES string of the molecule is Cc1ccc(C)c(NC(=O)C(C)n2cnc3sc(C)c(-c4ccc(F)cc4)c3c2=O)c1. The van der Waals surface area contributed by atoms with E-state index in [4.69, 9.17) is 0 Å². The van der Waals surface area contributed by atoms with E-state index >= 15 is 0 Å². The molecule has 0 fully saturated rings. The molecule has 0 radical (unpaired) electrons. The summed E-state index contributed by atoms with van der Waals surface area (Å²) >= 11 is 1.41. The van der Waals surface area contributed by atoms with Gasteiger partial charge in [0.15, 0.2) is 0 Å². The van der Waals surface area contributed by atoms with Gasteiger partial charge in [0.25, 0.3) is 5.56 Å². The lowest BCUT2D eigenvalue weighted by Gasteiger charge is -2.16. The van der Waals surface area contributed by atoms with Crippen molar-refractivity contribution >= 4 is 33.1 Å². The Bertz CT molecular complexity index is 1360. The molecule has 5 nitrogen and oxygen atoms in total. The van der Waals surface area contributed by atoms with Gasteiger partial charge in [-0.15, -0.1) is 11.3 Å². The molecule has 0 saturated carbocycles. The van der Waals surface area contributed by atoms with Crippen LogP contribution >= 0.6 is 11.3 Å². The summed E-state index contributed by atoms with van der Waals surface area (Å²) in [6, 6.07) is 11.1. The van der Waals surface area contributed by atoms with Crippen LogP contribution in [-0.4, -0.2) is 15.5 Å². The van der Waals surface area contributed by atoms with Crippen molar-refractivity contribution in [2.75, 3.05) is 5.32 Å². The van der Waals surface area contributed by atoms with Crippen LogP contribution in [0, 0.1) is 26.6 Å². The zero-order valence-electron chi connectivity index (χ0n) is 17.7. The van der Waals surface area contributed by atoms with E-state index in [1.54, 1.807) is 19.1 Å². The second-order valence-electron chi connectivity index (χ2n) is 7.66. The van der Waals surface area contributed by atoms with E-state index in [9.17, 15) is 14.0 Å². The topological polar surface area (TPSA) is 64.0 Å². The number of anilines is 1. The van der Waals surface area contributed by atoms with Crippen molar-refractivity contribution in [1.82, 2.24) is 9.55 Å². The summed E-state index contributed by atoms with van der Waals surface area (Å²) in [6.07, 6.45) is 1.42. The molecule has 1 amide bonds. The highest BCUT2D eigenvalue weighted by Gasteiger charge is 2.22. The van der Waals surface area contributed by atoms with Gasteiger partial charge in [-0.25, -0.2) is 9.37 Å². The van der Waals surface area contributed by atoms with Gasteiger partial charge in [-0.3, -0.25) is 14.2 Å². The number of hydrogen-bond donors (Lipinski definition) is 1. The Morgan fingerprint density at radius 3 is 2.55 bits per heavy atom. The van der Waals surface area contributed by atoms with Crippen molar-refractivity contribution in [3.8, 4) is 11.1 Å². The minimum Gasteiger partial charge on any atom is -0.324 e. The molecule has 0 saturated heterocycles. The predicted octanol–water partition coefficient (Wildman–Crippen LogP) is 5.39. The number of thiophene rings is 1. The Balaban J connectivity index is 1.76. The van der Waals surface area contributed by atoms with Gasteiger partial charge in [0.05, 0.1) is 11.7 Å². The molecule has 2 aromatic heterocycles. The van der Waals surface area contributed by atoms with E-state index in [1.165, 1.54) is 34.4 Å². The van der Waals surface area contributed by atoms with Gasteiger partial charge in [-0.1, -0.05) is 24.3 Å². The van der Waals surface area contributed by atoms with Gasteiger partial charge in [0, 0.05) is 16.1 Å². The Morgan fingerprint density at radius 1 is 1.13 bits per heavy atom. The van der Waals surface area contributed by atoms with Crippen LogP contribution in [0.5, 0.6) is 0 Å². The molecule has 1 N–H and O–H groups in total. The normalized spacial score (nSPS) is 12.2. The number of benzene rings is 2. The summed E-state index contributed by atoms with van der Waals surface area (Å²) in [5.74, 6) is -0.638. The second kappa shape index (κ2) is 8.07. The highest BCUT2D eigenvalue weighted by Crippen LogP contribution is 2.35. The molecular formula is C24H22FN3O2S. The minimum atomic E-state index is -0.759. The number of hydrogen-bond acceptors (Lipinski definition) is 4. The summed E-state index contributed by atoms with van der Waals surface area (Å²) in [7, 11) is 0. The molecule has 1 atom stereocenters. The smallest absolute Gasteiger partial charge is 0.263 e. The average molecular weight is 436 g/mol. The number of carbonyl (C=O) groups is 1. The number of nitrogens with one attached hydrogen (secondary N) is 1. The minimum absolute atomic E-state index is 0.294. The molecule has 0 aliphatic carbocycles. The summed E-state index contributed by atoms with van der Waals surface area (Å²) in [5, 5.41) is 3.36. The first-order chi connectivity index (χ1) is 14.8. The van der Waals surface area contributed by atoms with E-state index < -0.39 is 6.04 Å². The van der Waals surface area contributed by atoms with Crippen LogP contribution < -0.4 is 10.9 Å². The van der Waals surface area contributed by atoms with Gasteiger partial charge in [-0.2, -0.15) is 0 Å². The molecule has 158 valence electrons. The standard InChI is InChI=1S/C24H22FN3O2S/c1-13-5-6-14(2)19(11-13)27-22(29)15(3)28-12-26-23-21(24(28)30)20(16(4)31-23)17-7-9-18(25)10-8-17/h5-12,15H,1-4H3,(H,27,29). The fourth-order valence-corrected chi connectivity index (χ4v) is 4.59. The Morgan fingerprint density at radius 2 is 1.84 bits per heavy atom. The van der Waals surface area contributed by atoms with Gasteiger partial charge < -0.3 is 5.32 Å². The molecule has 1 unspecified atom stereocenters. The van der Waals surface area contributed by atoms with Gasteiger partial charge in [0.1, 0.15) is 16.7 Å². The molecule has 31 heavy (non-hydrogen) atoms. The number of fused-ring (bicyclic) bond motifs is 1. The van der Waals surface area contributed by atoms with Crippen LogP contribution in [0.15, 0.2) is 53.6 Å². The monoisotopic (exact) mass is 435 g/mol. The maximum atomic E-state index is 13.4. The van der Waals surface area contributed by atoms with Gasteiger partial charge in [0.2, 0.25) is 5.91 Å². The fraction of sp³-hybridized carbons (Fsp3) is 0.208. The van der Waals surface area contributed by atoms with E-state index in [-0.39, 0.29) is 17.3 Å². The van der Waals surface area contributed by atoms with Crippen LogP contribution in [0.3, 0.4) is 0 Å². The zero-order valence-corrected chi connectivity index (χ0v) is 18.5. The van der Waals surface area contributed by atoms with Crippen molar-refractivity contribution in [2.45, 2.75) is 33.7 Å². The highest BCUT2D eigenvalue weighted by atomic mass is 32.1. The lowest BCUT2D eigenvalue weighted by Crippen LogP contribution is -2.32. The second-order valence-corrected chi connectivity index (χ2v) is 8.86. The maximum absolute atomic E-state index is 13.4. The Kier molecular flexibility index (Phi) is 5.45. The number of rotatable bonds is 4. The first-order valence-corrected chi connectivity index (χ1v) is 10.7. The third-order valence-corrected chi connectivity index (χ3v) is 6.41. The number of halogens is 1. The van der Waals surface area contributed by atoms with E-state index in [1.807, 2.05) is 39.0 Å². The largest absolute Gasteiger partial charge is 0.324 e. The van der Waals surface area contributed by atoms with Crippen LogP contribution in [0.2, 0.25) is 0 Å². The molecule has 0 spiro atoms. The van der Waals surface area contributed by atoms with Crippen LogP contribution in [0.25, 0.3) is 21.3 Å². The van der Waals surface area contributed by atoms with E-state index in [0.717, 1.165) is 32.8 Å². The van der Waals surface area contributed by atoms with Crippen molar-refractivity contribution in [3.05, 3.63) is 81.0 Å². The van der Waals surface area contributed by atoms with Gasteiger partial charge in [-0.05, 0) is 62.6 Å². The molecule has 4 aromatic rings. The van der Waals surface area contributed by atoms with Crippen molar-refractivity contribution in [2.24, 2.45) is 0 Å². The predicted molar refractivity (Wildman–Crippen MR) is 123 cm³/mol. The van der Waals surface area contributed by atoms with E-state index in [2.05, 4.69) is 10.3 Å². The number of carbonyl (C=O) groups excluding carboxylic acids is 1. The van der Waals surface area contributed by atoms with Crippen molar-refractivity contribution in [1.29, 1.82) is 0 Å². The molecule has 4 rings (SSSR count). The first kappa shape index (κ1) is 20.9. The Labute approximate surface area is 183 Å².